The number of nitrogens with two attached hydrogens (primary N) is 1. The van der Waals surface area contributed by atoms with Crippen LogP contribution in [0.4, 0.5) is 0 Å². The van der Waals surface area contributed by atoms with Gasteiger partial charge in [0.2, 0.25) is 0 Å². The number of aromatic nitrogens is 1. The summed E-state index contributed by atoms with van der Waals surface area (Å²) in [5, 5.41) is 5.26. The molecule has 0 bridgehead atoms. The molecule has 2 heterocycles. The molecule has 15 heavy (non-hydrogen) atoms. The number of rotatable bonds is 4. The van der Waals surface area contributed by atoms with Crippen LogP contribution in [0.25, 0.3) is 0 Å². The van der Waals surface area contributed by atoms with Crippen LogP contribution in [0.15, 0.2) is 22.9 Å². The number of thiazole rings is 1. The first-order valence-corrected chi connectivity index (χ1v) is 6.46. The smallest absolute Gasteiger partial charge is 0.0897 e. The summed E-state index contributed by atoms with van der Waals surface area (Å²) in [5.74, 6) is 5.55. The molecule has 2 aromatic rings. The third-order valence-electron chi connectivity index (χ3n) is 2.17. The Labute approximate surface area is 96.9 Å². The number of thiophene rings is 1. The van der Waals surface area contributed by atoms with Crippen LogP contribution in [0.1, 0.15) is 21.6 Å². The molecule has 0 radical (unpaired) electrons. The van der Waals surface area contributed by atoms with Crippen molar-refractivity contribution in [1.82, 2.24) is 10.4 Å². The highest BCUT2D eigenvalue weighted by molar-refractivity contribution is 7.10. The second-order valence-corrected chi connectivity index (χ2v) is 5.34. The second kappa shape index (κ2) is 4.85. The second-order valence-electron chi connectivity index (χ2n) is 3.30. The van der Waals surface area contributed by atoms with Gasteiger partial charge in [-0.1, -0.05) is 6.07 Å². The van der Waals surface area contributed by atoms with Gasteiger partial charge in [-0.2, -0.15) is 0 Å². The molecule has 1 atom stereocenters. The number of hydrazine groups is 1. The van der Waals surface area contributed by atoms with Crippen molar-refractivity contribution in [3.8, 4) is 0 Å². The van der Waals surface area contributed by atoms with Crippen LogP contribution in [0, 0.1) is 6.92 Å². The highest BCUT2D eigenvalue weighted by Gasteiger charge is 2.12. The van der Waals surface area contributed by atoms with Crippen LogP contribution < -0.4 is 11.3 Å². The maximum atomic E-state index is 5.55. The molecule has 2 rings (SSSR count). The van der Waals surface area contributed by atoms with Crippen LogP contribution >= 0.6 is 22.7 Å². The predicted octanol–water partition coefficient (Wildman–Crippen LogP) is 2.26. The Kier molecular flexibility index (Phi) is 3.48. The number of hydrogen-bond donors (Lipinski definition) is 2. The molecule has 0 aliphatic carbocycles. The minimum Gasteiger partial charge on any atom is -0.271 e. The molecule has 0 spiro atoms. The lowest BCUT2D eigenvalue weighted by molar-refractivity contribution is 0.555. The molecule has 0 aliphatic heterocycles. The first-order valence-electron chi connectivity index (χ1n) is 4.70. The third-order valence-corrected chi connectivity index (χ3v) is 3.98. The average Bonchev–Trinajstić information content (AvgIpc) is 2.85. The van der Waals surface area contributed by atoms with E-state index in [0.29, 0.717) is 0 Å². The molecule has 1 unspecified atom stereocenters. The summed E-state index contributed by atoms with van der Waals surface area (Å²) in [6, 6.07) is 4.30. The van der Waals surface area contributed by atoms with Gasteiger partial charge in [-0.25, -0.2) is 4.98 Å². The van der Waals surface area contributed by atoms with E-state index in [1.807, 2.05) is 13.0 Å². The predicted molar refractivity (Wildman–Crippen MR) is 64.9 cm³/mol. The van der Waals surface area contributed by atoms with Gasteiger partial charge >= 0.3 is 0 Å². The Bertz CT molecular complexity index is 408. The van der Waals surface area contributed by atoms with Crippen molar-refractivity contribution >= 4 is 22.7 Å². The molecule has 0 saturated heterocycles. The summed E-state index contributed by atoms with van der Waals surface area (Å²) in [6.07, 6.45) is 0.849. The Morgan fingerprint density at radius 1 is 1.53 bits per heavy atom. The third kappa shape index (κ3) is 2.63. The molecule has 0 aliphatic rings. The van der Waals surface area contributed by atoms with Crippen LogP contribution in [0.5, 0.6) is 0 Å². The molecule has 0 aromatic carbocycles. The van der Waals surface area contributed by atoms with Crippen LogP contribution in [-0.2, 0) is 6.42 Å². The van der Waals surface area contributed by atoms with Crippen molar-refractivity contribution in [2.45, 2.75) is 19.4 Å². The van der Waals surface area contributed by atoms with Crippen molar-refractivity contribution in [2.75, 3.05) is 0 Å². The van der Waals surface area contributed by atoms with Crippen molar-refractivity contribution in [1.29, 1.82) is 0 Å². The summed E-state index contributed by atoms with van der Waals surface area (Å²) in [6.45, 7) is 2.02. The lowest BCUT2D eigenvalue weighted by Crippen LogP contribution is -2.29. The lowest BCUT2D eigenvalue weighted by atomic mass is 10.1. The minimum atomic E-state index is 0.173. The van der Waals surface area contributed by atoms with Crippen LogP contribution in [0.2, 0.25) is 0 Å². The van der Waals surface area contributed by atoms with E-state index >= 15 is 0 Å². The summed E-state index contributed by atoms with van der Waals surface area (Å²) in [7, 11) is 0. The zero-order valence-corrected chi connectivity index (χ0v) is 10.1. The van der Waals surface area contributed by atoms with E-state index in [9.17, 15) is 0 Å². The van der Waals surface area contributed by atoms with E-state index in [0.717, 1.165) is 17.1 Å². The largest absolute Gasteiger partial charge is 0.271 e. The van der Waals surface area contributed by atoms with E-state index in [-0.39, 0.29) is 6.04 Å². The quantitative estimate of drug-likeness (QED) is 0.635. The highest BCUT2D eigenvalue weighted by Crippen LogP contribution is 2.22. The average molecular weight is 239 g/mol. The van der Waals surface area contributed by atoms with Crippen molar-refractivity contribution in [3.05, 3.63) is 38.5 Å². The summed E-state index contributed by atoms with van der Waals surface area (Å²) in [5.41, 5.74) is 3.94. The van der Waals surface area contributed by atoms with Gasteiger partial charge in [-0.3, -0.25) is 11.3 Å². The van der Waals surface area contributed by atoms with Gasteiger partial charge in [0.05, 0.1) is 16.7 Å². The molecule has 0 amide bonds. The standard InChI is InChI=1S/C10H13N3S2/c1-7-12-8(6-15-7)5-9(13-11)10-3-2-4-14-10/h2-4,6,9,13H,5,11H2,1H3. The zero-order valence-electron chi connectivity index (χ0n) is 8.43. The number of nitrogens with one attached hydrogen (secondary N) is 1. The fourth-order valence-corrected chi connectivity index (χ4v) is 2.85. The molecule has 0 saturated carbocycles. The van der Waals surface area contributed by atoms with Gasteiger partial charge in [0.15, 0.2) is 0 Å². The zero-order chi connectivity index (χ0) is 10.7. The molecule has 0 fully saturated rings. The number of hydrogen-bond acceptors (Lipinski definition) is 5. The summed E-state index contributed by atoms with van der Waals surface area (Å²) >= 11 is 3.39. The normalized spacial score (nSPS) is 12.9. The number of nitrogens with zero attached hydrogens (tertiary/aromatic N) is 1. The molecule has 5 heteroatoms. The van der Waals surface area contributed by atoms with Crippen molar-refractivity contribution < 1.29 is 0 Å². The summed E-state index contributed by atoms with van der Waals surface area (Å²) in [4.78, 5) is 5.69. The van der Waals surface area contributed by atoms with E-state index < -0.39 is 0 Å². The maximum absolute atomic E-state index is 5.55. The monoisotopic (exact) mass is 239 g/mol. The van der Waals surface area contributed by atoms with Gasteiger partial charge < -0.3 is 0 Å². The Morgan fingerprint density at radius 2 is 2.40 bits per heavy atom. The van der Waals surface area contributed by atoms with E-state index in [2.05, 4.69) is 27.2 Å². The Morgan fingerprint density at radius 3 is 2.93 bits per heavy atom. The molecule has 2 aromatic heterocycles. The van der Waals surface area contributed by atoms with Crippen LogP contribution in [-0.4, -0.2) is 4.98 Å². The van der Waals surface area contributed by atoms with Crippen molar-refractivity contribution in [2.24, 2.45) is 5.84 Å². The molecular weight excluding hydrogens is 226 g/mol. The highest BCUT2D eigenvalue weighted by atomic mass is 32.1. The fraction of sp³-hybridized carbons (Fsp3) is 0.300. The first kappa shape index (κ1) is 10.8. The molecule has 3 N–H and O–H groups in total. The number of aryl methyl sites for hydroxylation is 1. The maximum Gasteiger partial charge on any atom is 0.0897 e. The van der Waals surface area contributed by atoms with Crippen LogP contribution in [0.3, 0.4) is 0 Å². The minimum absolute atomic E-state index is 0.173. The van der Waals surface area contributed by atoms with Gasteiger partial charge in [-0.05, 0) is 18.4 Å². The molecular formula is C10H13N3S2. The Hall–Kier alpha value is -0.750. The SMILES string of the molecule is Cc1nc(CC(NN)c2cccs2)cs1. The first-order chi connectivity index (χ1) is 7.29. The summed E-state index contributed by atoms with van der Waals surface area (Å²) < 4.78 is 0. The van der Waals surface area contributed by atoms with E-state index in [1.54, 1.807) is 22.7 Å². The molecule has 3 nitrogen and oxygen atoms in total. The van der Waals surface area contributed by atoms with Gasteiger partial charge in [0, 0.05) is 16.7 Å². The lowest BCUT2D eigenvalue weighted by Gasteiger charge is -2.12. The van der Waals surface area contributed by atoms with E-state index in [4.69, 9.17) is 5.84 Å². The Balaban J connectivity index is 2.09. The topological polar surface area (TPSA) is 50.9 Å². The van der Waals surface area contributed by atoms with Gasteiger partial charge in [0.1, 0.15) is 0 Å². The molecule has 80 valence electrons. The fourth-order valence-electron chi connectivity index (χ4n) is 1.44. The van der Waals surface area contributed by atoms with E-state index in [1.165, 1.54) is 4.88 Å². The van der Waals surface area contributed by atoms with Crippen molar-refractivity contribution in [3.63, 3.8) is 0 Å². The van der Waals surface area contributed by atoms with Gasteiger partial charge in [0.25, 0.3) is 0 Å². The van der Waals surface area contributed by atoms with Gasteiger partial charge in [-0.15, -0.1) is 22.7 Å².